The van der Waals surface area contributed by atoms with Gasteiger partial charge in [0.05, 0.1) is 0 Å². The smallest absolute Gasteiger partial charge is 0.164 e. The van der Waals surface area contributed by atoms with Crippen molar-refractivity contribution in [3.63, 3.8) is 0 Å². The summed E-state index contributed by atoms with van der Waals surface area (Å²) in [6, 6.07) is 67.8. The van der Waals surface area contributed by atoms with Gasteiger partial charge in [-0.2, -0.15) is 0 Å². The van der Waals surface area contributed by atoms with E-state index in [0.29, 0.717) is 17.5 Å². The molecule has 0 radical (unpaired) electrons. The maximum Gasteiger partial charge on any atom is 0.164 e. The zero-order valence-electron chi connectivity index (χ0n) is 32.7. The van der Waals surface area contributed by atoms with E-state index in [2.05, 4.69) is 202 Å². The molecule has 0 atom stereocenters. The van der Waals surface area contributed by atoms with Gasteiger partial charge in [-0.3, -0.25) is 0 Å². The first-order valence-corrected chi connectivity index (χ1v) is 20.4. The van der Waals surface area contributed by atoms with Gasteiger partial charge in [-0.05, 0) is 99.9 Å². The molecule has 1 aromatic heterocycles. The highest BCUT2D eigenvalue weighted by Crippen LogP contribution is 2.54. The maximum absolute atomic E-state index is 5.54. The molecule has 12 rings (SSSR count). The highest BCUT2D eigenvalue weighted by Gasteiger charge is 2.37. The van der Waals surface area contributed by atoms with Crippen LogP contribution in [0.1, 0.15) is 25.0 Å². The van der Waals surface area contributed by atoms with Crippen LogP contribution in [0, 0.1) is 0 Å². The van der Waals surface area contributed by atoms with Crippen molar-refractivity contribution in [3.8, 4) is 56.4 Å². The van der Waals surface area contributed by atoms with Crippen molar-refractivity contribution >= 4 is 53.9 Å². The van der Waals surface area contributed by atoms with E-state index < -0.39 is 0 Å². The van der Waals surface area contributed by atoms with Crippen molar-refractivity contribution in [3.05, 3.63) is 199 Å². The predicted octanol–water partition coefficient (Wildman–Crippen LogP) is 14.6. The molecule has 1 heterocycles. The summed E-state index contributed by atoms with van der Waals surface area (Å²) in [5, 5.41) is 11.6. The predicted molar refractivity (Wildman–Crippen MR) is 247 cm³/mol. The summed E-state index contributed by atoms with van der Waals surface area (Å²) in [4.78, 5) is 16.5. The van der Waals surface area contributed by atoms with Gasteiger partial charge in [0.1, 0.15) is 0 Å². The Bertz CT molecular complexity index is 3410. The second kappa shape index (κ2) is 12.8. The average Bonchev–Trinajstić information content (AvgIpc) is 3.53. The zero-order valence-corrected chi connectivity index (χ0v) is 32.7. The third-order valence-corrected chi connectivity index (χ3v) is 12.7. The zero-order chi connectivity index (χ0) is 39.2. The van der Waals surface area contributed by atoms with Crippen molar-refractivity contribution in [1.29, 1.82) is 0 Å². The van der Waals surface area contributed by atoms with Crippen LogP contribution in [0.25, 0.3) is 110 Å². The van der Waals surface area contributed by atoms with Crippen molar-refractivity contribution in [1.82, 2.24) is 15.0 Å². The lowest BCUT2D eigenvalue weighted by Gasteiger charge is -2.22. The number of fused-ring (bicyclic) bond motifs is 10. The van der Waals surface area contributed by atoms with Gasteiger partial charge in [0.25, 0.3) is 0 Å². The summed E-state index contributed by atoms with van der Waals surface area (Å²) in [7, 11) is 0. The van der Waals surface area contributed by atoms with Gasteiger partial charge in [-0.15, -0.1) is 0 Å². The molecule has 1 aliphatic carbocycles. The molecule has 59 heavy (non-hydrogen) atoms. The summed E-state index contributed by atoms with van der Waals surface area (Å²) in [6.07, 6.45) is 0. The highest BCUT2D eigenvalue weighted by molar-refractivity contribution is 6.15. The van der Waals surface area contributed by atoms with Gasteiger partial charge >= 0.3 is 0 Å². The van der Waals surface area contributed by atoms with Crippen molar-refractivity contribution in [2.24, 2.45) is 0 Å². The molecule has 1 aliphatic rings. The first-order chi connectivity index (χ1) is 29.0. The number of aromatic nitrogens is 3. The lowest BCUT2D eigenvalue weighted by atomic mass is 9.81. The second-order valence-electron chi connectivity index (χ2n) is 16.3. The van der Waals surface area contributed by atoms with E-state index in [9.17, 15) is 0 Å². The molecule has 0 unspecified atom stereocenters. The molecular weight excluding hydrogens is 715 g/mol. The Balaban J connectivity index is 1.21. The highest BCUT2D eigenvalue weighted by atomic mass is 15.0. The van der Waals surface area contributed by atoms with Gasteiger partial charge in [0.15, 0.2) is 17.5 Å². The fourth-order valence-electron chi connectivity index (χ4n) is 9.93. The molecule has 0 aliphatic heterocycles. The number of rotatable bonds is 4. The Labute approximate surface area is 342 Å². The molecule has 276 valence electrons. The summed E-state index contributed by atoms with van der Waals surface area (Å²) in [5.41, 5.74) is 10.3. The summed E-state index contributed by atoms with van der Waals surface area (Å²) in [6.45, 7) is 4.69. The molecule has 0 bridgehead atoms. The van der Waals surface area contributed by atoms with Gasteiger partial charge in [-0.25, -0.2) is 15.0 Å². The fraction of sp³-hybridized carbons (Fsp3) is 0.0536. The first-order valence-electron chi connectivity index (χ1n) is 20.4. The molecule has 3 nitrogen and oxygen atoms in total. The van der Waals surface area contributed by atoms with Crippen LogP contribution in [0.5, 0.6) is 0 Å². The molecule has 0 fully saturated rings. The van der Waals surface area contributed by atoms with E-state index in [1.54, 1.807) is 0 Å². The molecule has 0 saturated heterocycles. The number of benzene rings is 10. The van der Waals surface area contributed by atoms with Gasteiger partial charge < -0.3 is 0 Å². The molecular formula is C56H37N3. The summed E-state index contributed by atoms with van der Waals surface area (Å²) >= 11 is 0. The van der Waals surface area contributed by atoms with Crippen LogP contribution in [0.3, 0.4) is 0 Å². The minimum absolute atomic E-state index is 0.144. The van der Waals surface area contributed by atoms with Gasteiger partial charge in [0.2, 0.25) is 0 Å². The van der Waals surface area contributed by atoms with E-state index in [0.717, 1.165) is 49.2 Å². The van der Waals surface area contributed by atoms with Crippen molar-refractivity contribution in [2.75, 3.05) is 0 Å². The van der Waals surface area contributed by atoms with Crippen LogP contribution >= 0.6 is 0 Å². The minimum atomic E-state index is -0.144. The van der Waals surface area contributed by atoms with E-state index in [4.69, 9.17) is 15.0 Å². The molecule has 3 heteroatoms. The monoisotopic (exact) mass is 751 g/mol. The Kier molecular flexibility index (Phi) is 7.27. The minimum Gasteiger partial charge on any atom is -0.208 e. The van der Waals surface area contributed by atoms with Crippen LogP contribution in [0.2, 0.25) is 0 Å². The maximum atomic E-state index is 5.54. The summed E-state index contributed by atoms with van der Waals surface area (Å²) in [5.74, 6) is 1.93. The quantitative estimate of drug-likeness (QED) is 0.168. The molecule has 11 aromatic rings. The molecule has 0 N–H and O–H groups in total. The van der Waals surface area contributed by atoms with Crippen LogP contribution in [0.4, 0.5) is 0 Å². The lowest BCUT2D eigenvalue weighted by molar-refractivity contribution is 0.660. The molecule has 0 spiro atoms. The second-order valence-corrected chi connectivity index (χ2v) is 16.3. The van der Waals surface area contributed by atoms with E-state index in [1.165, 1.54) is 54.7 Å². The van der Waals surface area contributed by atoms with E-state index in [-0.39, 0.29) is 5.41 Å². The third kappa shape index (κ3) is 5.04. The van der Waals surface area contributed by atoms with Crippen LogP contribution in [-0.4, -0.2) is 15.0 Å². The topological polar surface area (TPSA) is 38.7 Å². The number of nitrogens with zero attached hydrogens (tertiary/aromatic N) is 3. The van der Waals surface area contributed by atoms with Crippen LogP contribution in [-0.2, 0) is 5.41 Å². The van der Waals surface area contributed by atoms with E-state index in [1.807, 2.05) is 0 Å². The lowest BCUT2D eigenvalue weighted by Crippen LogP contribution is -2.14. The SMILES string of the molecule is CC1(C)c2ccccc2-c2c(-c3c(-c4nc(-c5cc6ccccc6c6ccccc56)nc(-c5cc6ccccc6c6ccccc56)n4)ccc4ccccc34)cccc21. The standard InChI is InChI=1S/C56H37N3/c1-56(2)49-28-14-13-26-44(49)52-45(27-15-29-50(52)56)51-39-21-8-3-16-34(39)30-31-46(51)53-57-54(47-32-35-17-4-6-19-37(35)40-22-9-11-24-42(40)47)59-55(58-53)48-33-36-18-5-7-20-38(36)41-23-10-12-25-43(41)48/h3-33H,1-2H3. The van der Waals surface area contributed by atoms with E-state index >= 15 is 0 Å². The normalized spacial score (nSPS) is 13.1. The Morgan fingerprint density at radius 3 is 1.34 bits per heavy atom. The Morgan fingerprint density at radius 2 is 0.729 bits per heavy atom. The fourth-order valence-corrected chi connectivity index (χ4v) is 9.93. The van der Waals surface area contributed by atoms with Crippen LogP contribution in [0.15, 0.2) is 188 Å². The Morgan fingerprint density at radius 1 is 0.288 bits per heavy atom. The first kappa shape index (κ1) is 33.6. The number of hydrogen-bond donors (Lipinski definition) is 0. The number of hydrogen-bond acceptors (Lipinski definition) is 3. The Hall–Kier alpha value is -7.49. The molecule has 0 saturated carbocycles. The largest absolute Gasteiger partial charge is 0.208 e. The van der Waals surface area contributed by atoms with Crippen molar-refractivity contribution < 1.29 is 0 Å². The molecule has 10 aromatic carbocycles. The average molecular weight is 752 g/mol. The van der Waals surface area contributed by atoms with Gasteiger partial charge in [-0.1, -0.05) is 184 Å². The van der Waals surface area contributed by atoms with Crippen LogP contribution < -0.4 is 0 Å². The molecule has 0 amide bonds. The summed E-state index contributed by atoms with van der Waals surface area (Å²) < 4.78 is 0. The van der Waals surface area contributed by atoms with Crippen molar-refractivity contribution in [2.45, 2.75) is 19.3 Å². The third-order valence-electron chi connectivity index (χ3n) is 12.7. The van der Waals surface area contributed by atoms with Gasteiger partial charge in [0, 0.05) is 27.7 Å².